The van der Waals surface area contributed by atoms with Crippen LogP contribution in [0.1, 0.15) is 30.5 Å². The number of amides is 2. The molecule has 8 nitrogen and oxygen atoms in total. The summed E-state index contributed by atoms with van der Waals surface area (Å²) in [5.41, 5.74) is 0. The minimum Gasteiger partial charge on any atom is -0.376 e. The first-order chi connectivity index (χ1) is 11.3. The van der Waals surface area contributed by atoms with Gasteiger partial charge in [-0.3, -0.25) is 14.4 Å². The number of carbonyl (C=O) groups is 3. The Morgan fingerprint density at radius 3 is 2.17 bits per heavy atom. The molecule has 0 atom stereocenters. The van der Waals surface area contributed by atoms with Crippen molar-refractivity contribution in [1.29, 1.82) is 0 Å². The molecular formula is C16H34N2O6. The van der Waals surface area contributed by atoms with Crippen LogP contribution in [-0.2, 0) is 28.6 Å². The van der Waals surface area contributed by atoms with Crippen LogP contribution in [0.25, 0.3) is 0 Å². The number of rotatable bonds is 14. The van der Waals surface area contributed by atoms with Crippen molar-refractivity contribution in [3.63, 3.8) is 0 Å². The molecule has 0 bridgehead atoms. The van der Waals surface area contributed by atoms with Crippen LogP contribution in [0.5, 0.6) is 0 Å². The van der Waals surface area contributed by atoms with E-state index in [4.69, 9.17) is 14.2 Å². The van der Waals surface area contributed by atoms with Crippen LogP contribution < -0.4 is 10.6 Å². The largest absolute Gasteiger partial charge is 0.376 e. The van der Waals surface area contributed by atoms with Crippen LogP contribution in [0, 0.1) is 5.92 Å². The number of hydrogen-bond donors (Lipinski definition) is 2. The first-order valence-corrected chi connectivity index (χ1v) is 8.16. The summed E-state index contributed by atoms with van der Waals surface area (Å²) in [6, 6.07) is 0. The SMILES string of the molecule is CC(C)OCCOCC(=O)NCC(=O)NCCOCC(=O)C(C)C.[HH].[HH]. The summed E-state index contributed by atoms with van der Waals surface area (Å²) in [7, 11) is 0. The quantitative estimate of drug-likeness (QED) is 0.440. The Hall–Kier alpha value is -1.51. The molecule has 144 valence electrons. The summed E-state index contributed by atoms with van der Waals surface area (Å²) in [5, 5.41) is 5.02. The maximum Gasteiger partial charge on any atom is 0.246 e. The summed E-state index contributed by atoms with van der Waals surface area (Å²) in [4.78, 5) is 34.2. The van der Waals surface area contributed by atoms with Gasteiger partial charge in [0.2, 0.25) is 11.8 Å². The lowest BCUT2D eigenvalue weighted by Crippen LogP contribution is -2.39. The average molecular weight is 350 g/mol. The molecular weight excluding hydrogens is 316 g/mol. The first kappa shape index (κ1) is 22.5. The van der Waals surface area contributed by atoms with E-state index in [1.54, 1.807) is 13.8 Å². The predicted molar refractivity (Wildman–Crippen MR) is 92.8 cm³/mol. The van der Waals surface area contributed by atoms with Gasteiger partial charge in [0.25, 0.3) is 0 Å². The van der Waals surface area contributed by atoms with Crippen molar-refractivity contribution in [3.8, 4) is 0 Å². The van der Waals surface area contributed by atoms with Crippen molar-refractivity contribution < 1.29 is 31.4 Å². The standard InChI is InChI=1S/C16H30N2O6.2H2/c1-12(2)14(19)10-22-6-5-17-15(20)9-18-16(21)11-23-7-8-24-13(3)4;;/h12-13H,5-11H2,1-4H3,(H,17,20)(H,18,21);2*1H. The van der Waals surface area contributed by atoms with E-state index in [1.807, 2.05) is 13.8 Å². The van der Waals surface area contributed by atoms with E-state index in [0.717, 1.165) is 0 Å². The molecule has 0 rings (SSSR count). The minimum absolute atomic E-state index is 0. The Bertz CT molecular complexity index is 395. The van der Waals surface area contributed by atoms with E-state index in [1.165, 1.54) is 0 Å². The highest BCUT2D eigenvalue weighted by Gasteiger charge is 2.08. The lowest BCUT2D eigenvalue weighted by atomic mass is 10.1. The second kappa shape index (κ2) is 13.9. The molecule has 8 heteroatoms. The fraction of sp³-hybridized carbons (Fsp3) is 0.812. The van der Waals surface area contributed by atoms with Gasteiger partial charge in [-0.25, -0.2) is 0 Å². The molecule has 0 saturated heterocycles. The summed E-state index contributed by atoms with van der Waals surface area (Å²) in [6.45, 7) is 8.51. The van der Waals surface area contributed by atoms with Gasteiger partial charge >= 0.3 is 0 Å². The van der Waals surface area contributed by atoms with Gasteiger partial charge in [-0.05, 0) is 13.8 Å². The van der Waals surface area contributed by atoms with Gasteiger partial charge in [0, 0.05) is 15.3 Å². The lowest BCUT2D eigenvalue weighted by Gasteiger charge is -2.09. The summed E-state index contributed by atoms with van der Waals surface area (Å²) in [6.07, 6.45) is 0.124. The molecule has 0 unspecified atom stereocenters. The van der Waals surface area contributed by atoms with Crippen molar-refractivity contribution in [2.75, 3.05) is 46.1 Å². The monoisotopic (exact) mass is 350 g/mol. The summed E-state index contributed by atoms with van der Waals surface area (Å²) >= 11 is 0. The zero-order chi connectivity index (χ0) is 18.4. The van der Waals surface area contributed by atoms with E-state index >= 15 is 0 Å². The van der Waals surface area contributed by atoms with Crippen molar-refractivity contribution in [2.24, 2.45) is 5.92 Å². The zero-order valence-electron chi connectivity index (χ0n) is 15.1. The topological polar surface area (TPSA) is 103 Å². The van der Waals surface area contributed by atoms with Crippen LogP contribution in [0.2, 0.25) is 0 Å². The smallest absolute Gasteiger partial charge is 0.246 e. The molecule has 0 heterocycles. The first-order valence-electron chi connectivity index (χ1n) is 8.16. The molecule has 0 aliphatic heterocycles. The van der Waals surface area contributed by atoms with E-state index in [2.05, 4.69) is 10.6 Å². The number of ether oxygens (including phenoxy) is 3. The van der Waals surface area contributed by atoms with Crippen LogP contribution in [-0.4, -0.2) is 69.8 Å². The number of hydrogen-bond acceptors (Lipinski definition) is 6. The molecule has 0 spiro atoms. The molecule has 0 aliphatic rings. The average Bonchev–Trinajstić information content (AvgIpc) is 2.51. The highest BCUT2D eigenvalue weighted by Crippen LogP contribution is 1.93. The van der Waals surface area contributed by atoms with E-state index in [0.29, 0.717) is 13.2 Å². The third-order valence-corrected chi connectivity index (χ3v) is 2.81. The van der Waals surface area contributed by atoms with Gasteiger partial charge in [0.05, 0.1) is 32.5 Å². The molecule has 0 aliphatic carbocycles. The van der Waals surface area contributed by atoms with Gasteiger partial charge in [0.1, 0.15) is 13.2 Å². The Kier molecular flexibility index (Phi) is 13.0. The highest BCUT2D eigenvalue weighted by molar-refractivity contribution is 5.85. The molecule has 0 aromatic carbocycles. The van der Waals surface area contributed by atoms with Crippen molar-refractivity contribution in [1.82, 2.24) is 10.6 Å². The molecule has 2 amide bonds. The molecule has 0 aromatic heterocycles. The molecule has 0 saturated carbocycles. The number of carbonyl (C=O) groups excluding carboxylic acids is 3. The summed E-state index contributed by atoms with van der Waals surface area (Å²) in [5.74, 6) is -0.736. The Balaban J connectivity index is -0.00000264. The van der Waals surface area contributed by atoms with Gasteiger partial charge in [-0.15, -0.1) is 0 Å². The van der Waals surface area contributed by atoms with Gasteiger partial charge in [0.15, 0.2) is 5.78 Å². The summed E-state index contributed by atoms with van der Waals surface area (Å²) < 4.78 is 15.5. The second-order valence-electron chi connectivity index (χ2n) is 5.77. The number of Topliss-reactive ketones (excluding diaryl/α,β-unsaturated/α-hetero) is 1. The maximum absolute atomic E-state index is 11.5. The van der Waals surface area contributed by atoms with Crippen LogP contribution in [0.3, 0.4) is 0 Å². The van der Waals surface area contributed by atoms with Gasteiger partial charge < -0.3 is 24.8 Å². The van der Waals surface area contributed by atoms with Gasteiger partial charge in [-0.1, -0.05) is 13.8 Å². The predicted octanol–water partition coefficient (Wildman–Crippen LogP) is 0.394. The number of ketones is 1. The third kappa shape index (κ3) is 14.1. The molecule has 0 radical (unpaired) electrons. The highest BCUT2D eigenvalue weighted by atomic mass is 16.5. The Morgan fingerprint density at radius 1 is 0.875 bits per heavy atom. The second-order valence-corrected chi connectivity index (χ2v) is 5.77. The Morgan fingerprint density at radius 2 is 1.54 bits per heavy atom. The lowest BCUT2D eigenvalue weighted by molar-refractivity contribution is -0.129. The van der Waals surface area contributed by atoms with Crippen molar-refractivity contribution in [3.05, 3.63) is 0 Å². The van der Waals surface area contributed by atoms with Crippen LogP contribution in [0.15, 0.2) is 0 Å². The maximum atomic E-state index is 11.5. The van der Waals surface area contributed by atoms with Crippen molar-refractivity contribution in [2.45, 2.75) is 33.8 Å². The molecule has 0 aromatic rings. The van der Waals surface area contributed by atoms with Gasteiger partial charge in [-0.2, -0.15) is 0 Å². The molecule has 0 fully saturated rings. The molecule has 24 heavy (non-hydrogen) atoms. The minimum atomic E-state index is -0.367. The van der Waals surface area contributed by atoms with Crippen LogP contribution in [0.4, 0.5) is 0 Å². The van der Waals surface area contributed by atoms with E-state index in [9.17, 15) is 14.4 Å². The Labute approximate surface area is 146 Å². The fourth-order valence-electron chi connectivity index (χ4n) is 1.40. The van der Waals surface area contributed by atoms with Crippen LogP contribution >= 0.6 is 0 Å². The van der Waals surface area contributed by atoms with Crippen molar-refractivity contribution >= 4 is 17.6 Å². The third-order valence-electron chi connectivity index (χ3n) is 2.81. The zero-order valence-corrected chi connectivity index (χ0v) is 15.1. The molecule has 2 N–H and O–H groups in total. The van der Waals surface area contributed by atoms with E-state index < -0.39 is 0 Å². The van der Waals surface area contributed by atoms with E-state index in [-0.39, 0.29) is 65.4 Å². The number of nitrogens with one attached hydrogen (secondary N) is 2. The fourth-order valence-corrected chi connectivity index (χ4v) is 1.40. The normalized spacial score (nSPS) is 10.9.